The fraction of sp³-hybridized carbons (Fsp3) is 0.538. The van der Waals surface area contributed by atoms with Gasteiger partial charge in [-0.3, -0.25) is 0 Å². The van der Waals surface area contributed by atoms with Gasteiger partial charge in [-0.05, 0) is 19.4 Å². The van der Waals surface area contributed by atoms with Crippen LogP contribution in [0.2, 0.25) is 0 Å². The van der Waals surface area contributed by atoms with Crippen LogP contribution in [0.25, 0.3) is 5.52 Å². The molecule has 4 heteroatoms. The average molecular weight is 232 g/mol. The van der Waals surface area contributed by atoms with E-state index in [-0.39, 0.29) is 0 Å². The highest BCUT2D eigenvalue weighted by molar-refractivity contribution is 5.67. The van der Waals surface area contributed by atoms with Crippen LogP contribution in [0.3, 0.4) is 0 Å². The molecule has 0 bridgehead atoms. The van der Waals surface area contributed by atoms with Crippen LogP contribution in [0.15, 0.2) is 18.5 Å². The lowest BCUT2D eigenvalue weighted by atomic mass is 10.2. The maximum atomic E-state index is 4.37. The Labute approximate surface area is 102 Å². The summed E-state index contributed by atoms with van der Waals surface area (Å²) in [6, 6.07) is 2.06. The summed E-state index contributed by atoms with van der Waals surface area (Å²) in [5.74, 6) is 0.935. The number of nitrogens with one attached hydrogen (secondary N) is 1. The molecule has 0 atom stereocenters. The molecule has 4 nitrogen and oxygen atoms in total. The van der Waals surface area contributed by atoms with Crippen molar-refractivity contribution in [3.63, 3.8) is 0 Å². The topological polar surface area (TPSA) is 42.2 Å². The predicted octanol–water partition coefficient (Wildman–Crippen LogP) is 3.03. The lowest BCUT2D eigenvalue weighted by Gasteiger charge is -2.06. The molecule has 0 amide bonds. The van der Waals surface area contributed by atoms with Crippen molar-refractivity contribution in [2.75, 3.05) is 11.9 Å². The molecule has 0 fully saturated rings. The van der Waals surface area contributed by atoms with Gasteiger partial charge in [-0.25, -0.2) is 9.50 Å². The van der Waals surface area contributed by atoms with Gasteiger partial charge in [-0.15, -0.1) is 0 Å². The van der Waals surface area contributed by atoms with Gasteiger partial charge in [-0.2, -0.15) is 5.10 Å². The number of anilines is 1. The van der Waals surface area contributed by atoms with E-state index in [1.165, 1.54) is 25.7 Å². The number of hydrogen-bond donors (Lipinski definition) is 1. The number of unbranched alkanes of at least 4 members (excludes halogenated alkanes) is 3. The average Bonchev–Trinajstić information content (AvgIpc) is 2.70. The molecule has 0 aromatic carbocycles. The van der Waals surface area contributed by atoms with Crippen LogP contribution in [0, 0.1) is 6.92 Å². The first kappa shape index (κ1) is 11.9. The SMILES string of the molecule is CCCCCCNc1nccn2nc(C)cc12. The van der Waals surface area contributed by atoms with Gasteiger partial charge in [0, 0.05) is 18.9 Å². The van der Waals surface area contributed by atoms with E-state index in [1.54, 1.807) is 6.20 Å². The molecule has 0 aliphatic heterocycles. The Hall–Kier alpha value is -1.58. The number of aryl methyl sites for hydroxylation is 1. The maximum absolute atomic E-state index is 4.37. The maximum Gasteiger partial charge on any atom is 0.152 e. The van der Waals surface area contributed by atoms with Crippen LogP contribution in [0.4, 0.5) is 5.82 Å². The minimum Gasteiger partial charge on any atom is -0.368 e. The first-order valence-corrected chi connectivity index (χ1v) is 6.36. The first-order chi connectivity index (χ1) is 8.31. The first-order valence-electron chi connectivity index (χ1n) is 6.36. The zero-order chi connectivity index (χ0) is 12.1. The van der Waals surface area contributed by atoms with Crippen molar-refractivity contribution in [3.05, 3.63) is 24.2 Å². The van der Waals surface area contributed by atoms with Gasteiger partial charge in [0.1, 0.15) is 5.52 Å². The number of aromatic nitrogens is 3. The van der Waals surface area contributed by atoms with E-state index in [1.807, 2.05) is 17.6 Å². The van der Waals surface area contributed by atoms with Gasteiger partial charge in [0.15, 0.2) is 5.82 Å². The largest absolute Gasteiger partial charge is 0.368 e. The molecule has 92 valence electrons. The van der Waals surface area contributed by atoms with Gasteiger partial charge in [0.05, 0.1) is 5.69 Å². The van der Waals surface area contributed by atoms with Crippen molar-refractivity contribution in [1.29, 1.82) is 0 Å². The molecular formula is C13H20N4. The third-order valence-electron chi connectivity index (χ3n) is 2.83. The quantitative estimate of drug-likeness (QED) is 0.778. The van der Waals surface area contributed by atoms with Crippen LogP contribution < -0.4 is 5.32 Å². The van der Waals surface area contributed by atoms with Gasteiger partial charge in [-0.1, -0.05) is 26.2 Å². The zero-order valence-corrected chi connectivity index (χ0v) is 10.6. The lowest BCUT2D eigenvalue weighted by Crippen LogP contribution is -2.05. The molecule has 2 rings (SSSR count). The van der Waals surface area contributed by atoms with E-state index in [2.05, 4.69) is 28.4 Å². The summed E-state index contributed by atoms with van der Waals surface area (Å²) in [7, 11) is 0. The van der Waals surface area contributed by atoms with Crippen LogP contribution in [0.5, 0.6) is 0 Å². The van der Waals surface area contributed by atoms with Gasteiger partial charge in [0.2, 0.25) is 0 Å². The Kier molecular flexibility index (Phi) is 3.96. The Balaban J connectivity index is 1.98. The molecule has 0 unspecified atom stereocenters. The fourth-order valence-corrected chi connectivity index (χ4v) is 1.94. The molecule has 0 radical (unpaired) electrons. The fourth-order valence-electron chi connectivity index (χ4n) is 1.94. The summed E-state index contributed by atoms with van der Waals surface area (Å²) >= 11 is 0. The van der Waals surface area contributed by atoms with Crippen molar-refractivity contribution in [1.82, 2.24) is 14.6 Å². The molecule has 2 aromatic rings. The van der Waals surface area contributed by atoms with E-state index in [0.717, 1.165) is 23.6 Å². The summed E-state index contributed by atoms with van der Waals surface area (Å²) in [5.41, 5.74) is 2.08. The van der Waals surface area contributed by atoms with E-state index < -0.39 is 0 Å². The molecule has 17 heavy (non-hydrogen) atoms. The molecule has 0 saturated heterocycles. The van der Waals surface area contributed by atoms with Gasteiger partial charge >= 0.3 is 0 Å². The lowest BCUT2D eigenvalue weighted by molar-refractivity contribution is 0.684. The number of rotatable bonds is 6. The Morgan fingerprint density at radius 1 is 1.29 bits per heavy atom. The molecule has 0 aliphatic rings. The molecule has 0 saturated carbocycles. The predicted molar refractivity (Wildman–Crippen MR) is 70.4 cm³/mol. The standard InChI is InChI=1S/C13H20N4/c1-3-4-5-6-7-14-13-12-10-11(2)16-17(12)9-8-15-13/h8-10H,3-7H2,1-2H3,(H,14,15). The molecule has 2 heterocycles. The van der Waals surface area contributed by atoms with Crippen LogP contribution in [0.1, 0.15) is 38.3 Å². The highest BCUT2D eigenvalue weighted by atomic mass is 15.2. The Bertz CT molecular complexity index is 475. The normalized spacial score (nSPS) is 10.9. The Morgan fingerprint density at radius 3 is 3.00 bits per heavy atom. The molecule has 1 N–H and O–H groups in total. The molecule has 2 aromatic heterocycles. The monoisotopic (exact) mass is 232 g/mol. The van der Waals surface area contributed by atoms with Crippen molar-refractivity contribution >= 4 is 11.3 Å². The summed E-state index contributed by atoms with van der Waals surface area (Å²) in [6.07, 6.45) is 8.73. The third-order valence-corrected chi connectivity index (χ3v) is 2.83. The van der Waals surface area contributed by atoms with Crippen molar-refractivity contribution in [2.45, 2.75) is 39.5 Å². The molecule has 0 spiro atoms. The number of hydrogen-bond acceptors (Lipinski definition) is 3. The summed E-state index contributed by atoms with van der Waals surface area (Å²) in [6.45, 7) is 5.21. The second-order valence-corrected chi connectivity index (χ2v) is 4.38. The highest BCUT2D eigenvalue weighted by Gasteiger charge is 2.03. The van der Waals surface area contributed by atoms with Gasteiger partial charge in [0.25, 0.3) is 0 Å². The number of fused-ring (bicyclic) bond motifs is 1. The highest BCUT2D eigenvalue weighted by Crippen LogP contribution is 2.14. The zero-order valence-electron chi connectivity index (χ0n) is 10.6. The summed E-state index contributed by atoms with van der Waals surface area (Å²) in [5, 5.41) is 7.76. The molecule has 0 aliphatic carbocycles. The van der Waals surface area contributed by atoms with Crippen molar-refractivity contribution in [3.8, 4) is 0 Å². The third kappa shape index (κ3) is 2.96. The second kappa shape index (κ2) is 5.66. The van der Waals surface area contributed by atoms with Crippen molar-refractivity contribution < 1.29 is 0 Å². The summed E-state index contributed by atoms with van der Waals surface area (Å²) < 4.78 is 1.87. The van der Waals surface area contributed by atoms with Crippen molar-refractivity contribution in [2.24, 2.45) is 0 Å². The van der Waals surface area contributed by atoms with E-state index >= 15 is 0 Å². The van der Waals surface area contributed by atoms with Crippen LogP contribution >= 0.6 is 0 Å². The van der Waals surface area contributed by atoms with Crippen LogP contribution in [-0.2, 0) is 0 Å². The van der Waals surface area contributed by atoms with Gasteiger partial charge < -0.3 is 5.32 Å². The van der Waals surface area contributed by atoms with E-state index in [0.29, 0.717) is 0 Å². The van der Waals surface area contributed by atoms with E-state index in [4.69, 9.17) is 0 Å². The van der Waals surface area contributed by atoms with Crippen LogP contribution in [-0.4, -0.2) is 21.1 Å². The second-order valence-electron chi connectivity index (χ2n) is 4.38. The number of nitrogens with zero attached hydrogens (tertiary/aromatic N) is 3. The minimum absolute atomic E-state index is 0.935. The minimum atomic E-state index is 0.935. The smallest absolute Gasteiger partial charge is 0.152 e. The molecular weight excluding hydrogens is 212 g/mol. The van der Waals surface area contributed by atoms with E-state index in [9.17, 15) is 0 Å². The summed E-state index contributed by atoms with van der Waals surface area (Å²) in [4.78, 5) is 4.37. The Morgan fingerprint density at radius 2 is 2.18 bits per heavy atom.